The third-order valence-electron chi connectivity index (χ3n) is 5.61. The first kappa shape index (κ1) is 23.8. The van der Waals surface area contributed by atoms with Gasteiger partial charge in [-0.3, -0.25) is 9.36 Å². The van der Waals surface area contributed by atoms with E-state index in [4.69, 9.17) is 9.26 Å². The number of rotatable bonds is 8. The van der Waals surface area contributed by atoms with Gasteiger partial charge in [0.15, 0.2) is 12.4 Å². The van der Waals surface area contributed by atoms with E-state index in [2.05, 4.69) is 16.6 Å². The van der Waals surface area contributed by atoms with E-state index < -0.39 is 12.6 Å². The first-order chi connectivity index (χ1) is 15.7. The van der Waals surface area contributed by atoms with Crippen molar-refractivity contribution in [1.82, 2.24) is 14.3 Å². The van der Waals surface area contributed by atoms with E-state index in [-0.39, 0.29) is 11.4 Å². The number of aromatic nitrogens is 3. The van der Waals surface area contributed by atoms with E-state index in [0.717, 1.165) is 35.6 Å². The summed E-state index contributed by atoms with van der Waals surface area (Å²) >= 11 is 0. The van der Waals surface area contributed by atoms with Crippen LogP contribution in [-0.2, 0) is 16.1 Å². The first-order valence-electron chi connectivity index (χ1n) is 10.8. The first-order valence-corrected chi connectivity index (χ1v) is 10.8. The van der Waals surface area contributed by atoms with Crippen molar-refractivity contribution >= 4 is 17.8 Å². The Morgan fingerprint density at radius 2 is 1.85 bits per heavy atom. The van der Waals surface area contributed by atoms with Gasteiger partial charge in [0.1, 0.15) is 17.4 Å². The van der Waals surface area contributed by atoms with Gasteiger partial charge in [0.2, 0.25) is 5.78 Å². The van der Waals surface area contributed by atoms with Crippen LogP contribution in [0.2, 0.25) is 0 Å². The third-order valence-corrected chi connectivity index (χ3v) is 5.61. The lowest BCUT2D eigenvalue weighted by molar-refractivity contribution is -0.137. The van der Waals surface area contributed by atoms with Gasteiger partial charge >= 0.3 is 5.97 Å². The van der Waals surface area contributed by atoms with Crippen molar-refractivity contribution < 1.29 is 18.8 Å². The molecule has 0 aliphatic carbocycles. The van der Waals surface area contributed by atoms with Gasteiger partial charge in [-0.15, -0.1) is 0 Å². The van der Waals surface area contributed by atoms with Crippen molar-refractivity contribution in [2.24, 2.45) is 0 Å². The number of Topliss-reactive ketones (excluding diaryl/α,β-unsaturated/α-hetero) is 1. The van der Waals surface area contributed by atoms with Gasteiger partial charge in [0.05, 0.1) is 0 Å². The molecule has 0 aliphatic heterocycles. The number of nitriles is 1. The summed E-state index contributed by atoms with van der Waals surface area (Å²) < 4.78 is 14.3. The fourth-order valence-corrected chi connectivity index (χ4v) is 3.98. The Labute approximate surface area is 193 Å². The number of hydrogen-bond acceptors (Lipinski definition) is 6. The van der Waals surface area contributed by atoms with E-state index >= 15 is 0 Å². The predicted molar refractivity (Wildman–Crippen MR) is 123 cm³/mol. The topological polar surface area (TPSA) is 103 Å². The molecule has 0 aliphatic rings. The summed E-state index contributed by atoms with van der Waals surface area (Å²) in [6.45, 7) is 11.9. The molecule has 8 nitrogen and oxygen atoms in total. The van der Waals surface area contributed by atoms with Crippen molar-refractivity contribution in [1.29, 1.82) is 5.26 Å². The molecule has 0 unspecified atom stereocenters. The van der Waals surface area contributed by atoms with Gasteiger partial charge in [-0.2, -0.15) is 5.26 Å². The Morgan fingerprint density at radius 1 is 1.12 bits per heavy atom. The fourth-order valence-electron chi connectivity index (χ4n) is 3.98. The zero-order valence-electron chi connectivity index (χ0n) is 19.9. The quantitative estimate of drug-likeness (QED) is 0.217. The lowest BCUT2D eigenvalue weighted by Gasteiger charge is -2.07. The highest BCUT2D eigenvalue weighted by Gasteiger charge is 2.21. The molecule has 0 aromatic carbocycles. The minimum absolute atomic E-state index is 0.150. The lowest BCUT2D eigenvalue weighted by atomic mass is 10.1. The summed E-state index contributed by atoms with van der Waals surface area (Å²) in [5.41, 5.74) is 4.55. The van der Waals surface area contributed by atoms with Gasteiger partial charge in [-0.05, 0) is 64.8 Å². The minimum Gasteiger partial charge on any atom is -0.453 e. The average molecular weight is 449 g/mol. The Kier molecular flexibility index (Phi) is 7.02. The van der Waals surface area contributed by atoms with Gasteiger partial charge < -0.3 is 13.8 Å². The van der Waals surface area contributed by atoms with Crippen LogP contribution in [0.15, 0.2) is 28.3 Å². The molecular formula is C25H28N4O4. The van der Waals surface area contributed by atoms with Crippen molar-refractivity contribution in [3.8, 4) is 11.9 Å². The highest BCUT2D eigenvalue weighted by molar-refractivity contribution is 6.02. The summed E-state index contributed by atoms with van der Waals surface area (Å²) in [6.07, 6.45) is 2.49. The number of esters is 1. The average Bonchev–Trinajstić information content (AvgIpc) is 3.41. The molecule has 8 heteroatoms. The SMILES string of the molecule is CCCn1c(C)cc(/C=C(\C#N)C(=O)OCC(=O)c2cc(C)n(-c3cc(C)on3)c2C)c1C. The normalized spacial score (nSPS) is 11.5. The molecule has 172 valence electrons. The molecule has 3 heterocycles. The lowest BCUT2D eigenvalue weighted by Crippen LogP contribution is -2.16. The van der Waals surface area contributed by atoms with Gasteiger partial charge in [-0.1, -0.05) is 12.1 Å². The Bertz CT molecular complexity index is 1280. The molecular weight excluding hydrogens is 420 g/mol. The number of nitrogens with zero attached hydrogens (tertiary/aromatic N) is 4. The van der Waals surface area contributed by atoms with Crippen LogP contribution in [0.3, 0.4) is 0 Å². The number of ketones is 1. The summed E-state index contributed by atoms with van der Waals surface area (Å²) in [5.74, 6) is 0.0490. The van der Waals surface area contributed by atoms with E-state index in [1.54, 1.807) is 30.5 Å². The second-order valence-electron chi connectivity index (χ2n) is 8.06. The molecule has 0 radical (unpaired) electrons. The Balaban J connectivity index is 1.75. The maximum absolute atomic E-state index is 12.8. The Morgan fingerprint density at radius 3 is 2.45 bits per heavy atom. The molecule has 0 amide bonds. The molecule has 0 spiro atoms. The number of carbonyl (C=O) groups excluding carboxylic acids is 2. The van der Waals surface area contributed by atoms with Crippen molar-refractivity contribution in [2.45, 2.75) is 54.5 Å². The largest absolute Gasteiger partial charge is 0.453 e. The van der Waals surface area contributed by atoms with Crippen molar-refractivity contribution in [3.05, 3.63) is 63.4 Å². The van der Waals surface area contributed by atoms with Crippen LogP contribution >= 0.6 is 0 Å². The summed E-state index contributed by atoms with van der Waals surface area (Å²) in [7, 11) is 0. The standard InChI is InChI=1S/C25H28N4O4/c1-7-8-28-15(2)9-20(18(28)5)12-21(13-26)25(31)32-14-23(30)22-10-16(3)29(19(22)6)24-11-17(4)33-27-24/h9-12H,7-8,14H2,1-6H3/b21-12+. The van der Waals surface area contributed by atoms with Crippen LogP contribution in [-0.4, -0.2) is 32.7 Å². The second-order valence-corrected chi connectivity index (χ2v) is 8.06. The van der Waals surface area contributed by atoms with Crippen LogP contribution in [0.4, 0.5) is 0 Å². The van der Waals surface area contributed by atoms with E-state index in [9.17, 15) is 14.9 Å². The van der Waals surface area contributed by atoms with E-state index in [1.165, 1.54) is 6.08 Å². The smallest absolute Gasteiger partial charge is 0.349 e. The number of aryl methyl sites for hydroxylation is 3. The van der Waals surface area contributed by atoms with Gasteiger partial charge in [-0.25, -0.2) is 4.79 Å². The predicted octanol–water partition coefficient (Wildman–Crippen LogP) is 4.55. The molecule has 3 aromatic heterocycles. The van der Waals surface area contributed by atoms with E-state index in [0.29, 0.717) is 22.8 Å². The fraction of sp³-hybridized carbons (Fsp3) is 0.360. The minimum atomic E-state index is -0.827. The molecule has 0 atom stereocenters. The molecule has 0 saturated heterocycles. The molecule has 0 bridgehead atoms. The molecule has 0 fully saturated rings. The summed E-state index contributed by atoms with van der Waals surface area (Å²) in [5, 5.41) is 13.5. The summed E-state index contributed by atoms with van der Waals surface area (Å²) in [4.78, 5) is 25.3. The van der Waals surface area contributed by atoms with Gasteiger partial charge in [0, 0.05) is 41.0 Å². The monoisotopic (exact) mass is 448 g/mol. The molecule has 33 heavy (non-hydrogen) atoms. The maximum Gasteiger partial charge on any atom is 0.349 e. The Hall–Kier alpha value is -3.86. The highest BCUT2D eigenvalue weighted by atomic mass is 16.5. The maximum atomic E-state index is 12.8. The molecule has 3 aromatic rings. The van der Waals surface area contributed by atoms with Crippen LogP contribution in [0.1, 0.15) is 57.8 Å². The number of carbonyl (C=O) groups is 2. The zero-order valence-corrected chi connectivity index (χ0v) is 19.9. The number of ether oxygens (including phenoxy) is 1. The summed E-state index contributed by atoms with van der Waals surface area (Å²) in [6, 6.07) is 7.32. The number of hydrogen-bond donors (Lipinski definition) is 0. The van der Waals surface area contributed by atoms with Crippen LogP contribution in [0.25, 0.3) is 11.9 Å². The zero-order chi connectivity index (χ0) is 24.3. The van der Waals surface area contributed by atoms with Crippen molar-refractivity contribution in [2.75, 3.05) is 6.61 Å². The van der Waals surface area contributed by atoms with Gasteiger partial charge in [0.25, 0.3) is 0 Å². The highest BCUT2D eigenvalue weighted by Crippen LogP contribution is 2.22. The third kappa shape index (κ3) is 4.82. The van der Waals surface area contributed by atoms with E-state index in [1.807, 2.05) is 32.9 Å². The van der Waals surface area contributed by atoms with Crippen LogP contribution in [0, 0.1) is 45.9 Å². The molecule has 3 rings (SSSR count). The molecule has 0 saturated carbocycles. The van der Waals surface area contributed by atoms with Crippen LogP contribution < -0.4 is 0 Å². The van der Waals surface area contributed by atoms with Crippen LogP contribution in [0.5, 0.6) is 0 Å². The second kappa shape index (κ2) is 9.74. The molecule has 0 N–H and O–H groups in total. The van der Waals surface area contributed by atoms with Crippen molar-refractivity contribution in [3.63, 3.8) is 0 Å².